The Balaban J connectivity index is 1.91. The highest BCUT2D eigenvalue weighted by molar-refractivity contribution is 9.11. The van der Waals surface area contributed by atoms with Crippen LogP contribution < -0.4 is 0 Å². The van der Waals surface area contributed by atoms with Crippen LogP contribution in [-0.4, -0.2) is 9.97 Å². The summed E-state index contributed by atoms with van der Waals surface area (Å²) in [5, 5.41) is 1.23. The van der Waals surface area contributed by atoms with Crippen molar-refractivity contribution in [2.24, 2.45) is 0 Å². The van der Waals surface area contributed by atoms with E-state index < -0.39 is 0 Å². The maximum atomic E-state index is 4.15. The maximum Gasteiger partial charge on any atom is 0.159 e. The summed E-state index contributed by atoms with van der Waals surface area (Å²) in [7, 11) is 0. The molecule has 4 heteroatoms. The third kappa shape index (κ3) is 2.33. The van der Waals surface area contributed by atoms with Crippen molar-refractivity contribution in [3.05, 3.63) is 51.0 Å². The lowest BCUT2D eigenvalue weighted by Gasteiger charge is -1.93. The van der Waals surface area contributed by atoms with Crippen molar-refractivity contribution in [2.75, 3.05) is 0 Å². The number of hydrogen-bond acceptors (Lipinski definition) is 2. The first-order valence-electron chi connectivity index (χ1n) is 5.18. The lowest BCUT2D eigenvalue weighted by Crippen LogP contribution is -1.72. The molecule has 0 saturated heterocycles. The number of H-pyrrole nitrogens is 1. The molecule has 0 radical (unpaired) electrons. The number of aromatic amines is 1. The van der Waals surface area contributed by atoms with E-state index in [2.05, 4.69) is 62.3 Å². The van der Waals surface area contributed by atoms with Gasteiger partial charge in [-0.15, -0.1) is 11.3 Å². The second-order valence-electron chi connectivity index (χ2n) is 3.67. The van der Waals surface area contributed by atoms with Crippen LogP contribution in [0.15, 0.2) is 40.6 Å². The van der Waals surface area contributed by atoms with Crippen LogP contribution in [0.3, 0.4) is 0 Å². The zero-order chi connectivity index (χ0) is 11.7. The lowest BCUT2D eigenvalue weighted by molar-refractivity contribution is 1.38. The first-order chi connectivity index (χ1) is 8.31. The lowest BCUT2D eigenvalue weighted by atomic mass is 10.1. The Morgan fingerprint density at radius 3 is 3.00 bits per heavy atom. The van der Waals surface area contributed by atoms with Gasteiger partial charge < -0.3 is 4.98 Å². The molecule has 0 aliphatic rings. The molecule has 0 aliphatic carbocycles. The molecule has 3 aromatic rings. The van der Waals surface area contributed by atoms with Crippen LogP contribution in [0.2, 0.25) is 0 Å². The molecule has 17 heavy (non-hydrogen) atoms. The van der Waals surface area contributed by atoms with Gasteiger partial charge in [0.2, 0.25) is 0 Å². The highest BCUT2D eigenvalue weighted by atomic mass is 79.9. The first-order valence-corrected chi connectivity index (χ1v) is 6.79. The molecule has 1 N–H and O–H groups in total. The molecular weight excluding hydrogens is 296 g/mol. The van der Waals surface area contributed by atoms with Gasteiger partial charge in [0.05, 0.1) is 0 Å². The summed E-state index contributed by atoms with van der Waals surface area (Å²) >= 11 is 4.98. The SMILES string of the molecule is Brc1ncc(C=Cc2ccc3[nH]ccc3c2)s1. The molecule has 2 aromatic heterocycles. The third-order valence-corrected chi connectivity index (χ3v) is 3.95. The Kier molecular flexibility index (Phi) is 2.82. The van der Waals surface area contributed by atoms with Crippen LogP contribution in [0.4, 0.5) is 0 Å². The minimum Gasteiger partial charge on any atom is -0.361 e. The van der Waals surface area contributed by atoms with Crippen LogP contribution in [0.1, 0.15) is 10.4 Å². The van der Waals surface area contributed by atoms with E-state index in [0.717, 1.165) is 8.79 Å². The van der Waals surface area contributed by atoms with Crippen molar-refractivity contribution in [1.82, 2.24) is 9.97 Å². The predicted molar refractivity (Wildman–Crippen MR) is 77.0 cm³/mol. The first kappa shape index (κ1) is 10.7. The summed E-state index contributed by atoms with van der Waals surface area (Å²) in [6.45, 7) is 0. The minimum absolute atomic E-state index is 0.915. The van der Waals surface area contributed by atoms with Gasteiger partial charge in [-0.05, 0) is 51.2 Å². The Morgan fingerprint density at radius 2 is 2.18 bits per heavy atom. The molecule has 0 atom stereocenters. The third-order valence-electron chi connectivity index (χ3n) is 2.51. The molecular formula is C13H9BrN2S. The molecule has 2 heterocycles. The van der Waals surface area contributed by atoms with Gasteiger partial charge in [0.1, 0.15) is 0 Å². The van der Waals surface area contributed by atoms with Gasteiger partial charge in [-0.25, -0.2) is 4.98 Å². The number of nitrogens with one attached hydrogen (secondary N) is 1. The zero-order valence-corrected chi connectivity index (χ0v) is 11.3. The normalized spacial score (nSPS) is 11.6. The van der Waals surface area contributed by atoms with Crippen LogP contribution in [0.25, 0.3) is 23.1 Å². The fourth-order valence-corrected chi connectivity index (χ4v) is 2.90. The highest BCUT2D eigenvalue weighted by Gasteiger charge is 1.96. The summed E-state index contributed by atoms with van der Waals surface area (Å²) in [5.74, 6) is 0. The van der Waals surface area contributed by atoms with Gasteiger partial charge >= 0.3 is 0 Å². The number of hydrogen-bond donors (Lipinski definition) is 1. The Labute approximate surface area is 111 Å². The molecule has 3 rings (SSSR count). The average Bonchev–Trinajstić information content (AvgIpc) is 2.94. The molecule has 0 aliphatic heterocycles. The Hall–Kier alpha value is -1.39. The second kappa shape index (κ2) is 4.47. The number of benzene rings is 1. The van der Waals surface area contributed by atoms with Crippen LogP contribution in [0.5, 0.6) is 0 Å². The quantitative estimate of drug-likeness (QED) is 0.739. The number of rotatable bonds is 2. The standard InChI is InChI=1S/C13H9BrN2S/c14-13-16-8-11(17-13)3-1-9-2-4-12-10(7-9)5-6-15-12/h1-8,15H. The van der Waals surface area contributed by atoms with Gasteiger partial charge in [-0.3, -0.25) is 0 Å². The number of halogens is 1. The zero-order valence-electron chi connectivity index (χ0n) is 8.85. The van der Waals surface area contributed by atoms with Crippen molar-refractivity contribution in [2.45, 2.75) is 0 Å². The van der Waals surface area contributed by atoms with Gasteiger partial charge in [0, 0.05) is 22.8 Å². The summed E-state index contributed by atoms with van der Waals surface area (Å²) in [4.78, 5) is 8.48. The van der Waals surface area contributed by atoms with Crippen LogP contribution >= 0.6 is 27.3 Å². The maximum absolute atomic E-state index is 4.15. The monoisotopic (exact) mass is 304 g/mol. The number of fused-ring (bicyclic) bond motifs is 1. The molecule has 0 saturated carbocycles. The highest BCUT2D eigenvalue weighted by Crippen LogP contribution is 2.21. The van der Waals surface area contributed by atoms with Crippen molar-refractivity contribution in [3.8, 4) is 0 Å². The topological polar surface area (TPSA) is 28.7 Å². The molecule has 0 amide bonds. The molecule has 84 valence electrons. The molecule has 1 aromatic carbocycles. The van der Waals surface area contributed by atoms with Gasteiger partial charge in [0.15, 0.2) is 3.92 Å². The summed E-state index contributed by atoms with van der Waals surface area (Å²) < 4.78 is 0.915. The molecule has 0 bridgehead atoms. The van der Waals surface area contributed by atoms with Crippen LogP contribution in [-0.2, 0) is 0 Å². The fourth-order valence-electron chi connectivity index (χ4n) is 1.70. The molecule has 0 unspecified atom stereocenters. The van der Waals surface area contributed by atoms with Crippen molar-refractivity contribution < 1.29 is 0 Å². The van der Waals surface area contributed by atoms with E-state index >= 15 is 0 Å². The summed E-state index contributed by atoms with van der Waals surface area (Å²) in [6, 6.07) is 8.44. The van der Waals surface area contributed by atoms with Crippen molar-refractivity contribution in [3.63, 3.8) is 0 Å². The fraction of sp³-hybridized carbons (Fsp3) is 0. The van der Waals surface area contributed by atoms with E-state index in [1.807, 2.05) is 12.4 Å². The second-order valence-corrected chi connectivity index (χ2v) is 6.01. The average molecular weight is 305 g/mol. The van der Waals surface area contributed by atoms with E-state index in [1.54, 1.807) is 11.3 Å². The smallest absolute Gasteiger partial charge is 0.159 e. The van der Waals surface area contributed by atoms with E-state index in [4.69, 9.17) is 0 Å². The molecule has 0 spiro atoms. The van der Waals surface area contributed by atoms with Crippen molar-refractivity contribution in [1.29, 1.82) is 0 Å². The molecule has 2 nitrogen and oxygen atoms in total. The Morgan fingerprint density at radius 1 is 1.24 bits per heavy atom. The number of thiazole rings is 1. The van der Waals surface area contributed by atoms with Gasteiger partial charge in [-0.1, -0.05) is 12.1 Å². The van der Waals surface area contributed by atoms with Gasteiger partial charge in [0.25, 0.3) is 0 Å². The van der Waals surface area contributed by atoms with Crippen molar-refractivity contribution >= 4 is 50.3 Å². The van der Waals surface area contributed by atoms with E-state index in [-0.39, 0.29) is 0 Å². The number of nitrogens with zero attached hydrogens (tertiary/aromatic N) is 1. The van der Waals surface area contributed by atoms with E-state index in [1.165, 1.54) is 16.5 Å². The largest absolute Gasteiger partial charge is 0.361 e. The molecule has 0 fully saturated rings. The van der Waals surface area contributed by atoms with E-state index in [0.29, 0.717) is 0 Å². The Bertz CT molecular complexity index is 681. The number of aromatic nitrogens is 2. The summed E-state index contributed by atoms with van der Waals surface area (Å²) in [6.07, 6.45) is 8.00. The summed E-state index contributed by atoms with van der Waals surface area (Å²) in [5.41, 5.74) is 2.37. The van der Waals surface area contributed by atoms with Gasteiger partial charge in [-0.2, -0.15) is 0 Å². The van der Waals surface area contributed by atoms with E-state index in [9.17, 15) is 0 Å². The minimum atomic E-state index is 0.915. The van der Waals surface area contributed by atoms with Crippen LogP contribution in [0, 0.1) is 0 Å². The predicted octanol–water partition coefficient (Wildman–Crippen LogP) is 4.56.